The number of rotatable bonds is 8. The van der Waals surface area contributed by atoms with Crippen LogP contribution in [0.1, 0.15) is 20.8 Å². The van der Waals surface area contributed by atoms with E-state index >= 15 is 0 Å². The van der Waals surface area contributed by atoms with Crippen molar-refractivity contribution in [3.63, 3.8) is 0 Å². The monoisotopic (exact) mass is 347 g/mol. The van der Waals surface area contributed by atoms with Crippen molar-refractivity contribution in [2.45, 2.75) is 32.5 Å². The van der Waals surface area contributed by atoms with Crippen molar-refractivity contribution in [2.75, 3.05) is 30.8 Å². The van der Waals surface area contributed by atoms with E-state index in [4.69, 9.17) is 0 Å². The van der Waals surface area contributed by atoms with E-state index in [1.165, 1.54) is 17.4 Å². The molecule has 24 heavy (non-hydrogen) atoms. The minimum absolute atomic E-state index is 0.0178. The van der Waals surface area contributed by atoms with Gasteiger partial charge >= 0.3 is 0 Å². The molecule has 0 saturated carbocycles. The van der Waals surface area contributed by atoms with Crippen molar-refractivity contribution in [3.8, 4) is 11.4 Å². The molecule has 0 spiro atoms. The summed E-state index contributed by atoms with van der Waals surface area (Å²) in [5.74, 6) is 1.16. The summed E-state index contributed by atoms with van der Waals surface area (Å²) in [5.41, 5.74) is 2.24. The van der Waals surface area contributed by atoms with Crippen molar-refractivity contribution < 1.29 is 4.79 Å². The highest BCUT2D eigenvalue weighted by molar-refractivity contribution is 7.99. The first-order chi connectivity index (χ1) is 11.6. The molecule has 2 aromatic rings. The normalized spacial score (nSPS) is 10.7. The van der Waals surface area contributed by atoms with Crippen LogP contribution < -0.4 is 10.2 Å². The van der Waals surface area contributed by atoms with E-state index in [1.54, 1.807) is 7.05 Å². The van der Waals surface area contributed by atoms with Crippen LogP contribution in [0, 0.1) is 0 Å². The standard InChI is InChI=1S/C17H25N5OS/c1-5-21(6-2)14-10-8-13(9-11-14)16-19-20-17(22(16)7-3)24-12-15(23)18-4/h8-11H,5-7,12H2,1-4H3,(H,18,23). The largest absolute Gasteiger partial charge is 0.372 e. The summed E-state index contributed by atoms with van der Waals surface area (Å²) < 4.78 is 2.04. The van der Waals surface area contributed by atoms with E-state index in [9.17, 15) is 4.79 Å². The Hall–Kier alpha value is -2.02. The van der Waals surface area contributed by atoms with Gasteiger partial charge in [-0.3, -0.25) is 4.79 Å². The number of nitrogens with one attached hydrogen (secondary N) is 1. The summed E-state index contributed by atoms with van der Waals surface area (Å²) in [7, 11) is 1.64. The average molecular weight is 347 g/mol. The van der Waals surface area contributed by atoms with Crippen LogP contribution in [-0.4, -0.2) is 46.6 Å². The maximum Gasteiger partial charge on any atom is 0.230 e. The molecule has 0 radical (unpaired) electrons. The molecule has 0 aliphatic heterocycles. The predicted molar refractivity (Wildman–Crippen MR) is 99.5 cm³/mol. The van der Waals surface area contributed by atoms with Crippen molar-refractivity contribution in [2.24, 2.45) is 0 Å². The van der Waals surface area contributed by atoms with Crippen LogP contribution in [0.3, 0.4) is 0 Å². The van der Waals surface area contributed by atoms with E-state index in [-0.39, 0.29) is 5.91 Å². The van der Waals surface area contributed by atoms with Crippen molar-refractivity contribution in [1.82, 2.24) is 20.1 Å². The van der Waals surface area contributed by atoms with Crippen LogP contribution in [-0.2, 0) is 11.3 Å². The third-order valence-electron chi connectivity index (χ3n) is 3.90. The fourth-order valence-electron chi connectivity index (χ4n) is 2.51. The maximum absolute atomic E-state index is 11.4. The molecule has 0 atom stereocenters. The van der Waals surface area contributed by atoms with Gasteiger partial charge in [-0.2, -0.15) is 0 Å². The van der Waals surface area contributed by atoms with Crippen LogP contribution in [0.5, 0.6) is 0 Å². The fraction of sp³-hybridized carbons (Fsp3) is 0.471. The molecule has 0 fully saturated rings. The highest BCUT2D eigenvalue weighted by Gasteiger charge is 2.14. The molecule has 1 aromatic carbocycles. The molecule has 0 bridgehead atoms. The maximum atomic E-state index is 11.4. The topological polar surface area (TPSA) is 63.1 Å². The van der Waals surface area contributed by atoms with Gasteiger partial charge in [-0.15, -0.1) is 10.2 Å². The number of carbonyl (C=O) groups is 1. The van der Waals surface area contributed by atoms with Gasteiger partial charge in [0.05, 0.1) is 5.75 Å². The second-order valence-electron chi connectivity index (χ2n) is 5.23. The predicted octanol–water partition coefficient (Wildman–Crippen LogP) is 2.65. The van der Waals surface area contributed by atoms with Crippen molar-refractivity contribution >= 4 is 23.4 Å². The number of carbonyl (C=O) groups excluding carboxylic acids is 1. The molecule has 130 valence electrons. The molecule has 0 saturated heterocycles. The lowest BCUT2D eigenvalue weighted by Crippen LogP contribution is -2.21. The van der Waals surface area contributed by atoms with Gasteiger partial charge in [0.25, 0.3) is 0 Å². The third kappa shape index (κ3) is 4.08. The molecular weight excluding hydrogens is 322 g/mol. The first-order valence-corrected chi connectivity index (χ1v) is 9.25. The molecule has 0 unspecified atom stereocenters. The number of nitrogens with zero attached hydrogens (tertiary/aromatic N) is 4. The lowest BCUT2D eigenvalue weighted by atomic mass is 10.2. The smallest absolute Gasteiger partial charge is 0.230 e. The molecule has 1 N–H and O–H groups in total. The lowest BCUT2D eigenvalue weighted by Gasteiger charge is -2.21. The SMILES string of the molecule is CCN(CC)c1ccc(-c2nnc(SCC(=O)NC)n2CC)cc1. The number of hydrogen-bond acceptors (Lipinski definition) is 5. The first-order valence-electron chi connectivity index (χ1n) is 8.26. The van der Waals surface area contributed by atoms with E-state index in [0.717, 1.165) is 36.2 Å². The molecule has 6 nitrogen and oxygen atoms in total. The summed E-state index contributed by atoms with van der Waals surface area (Å²) >= 11 is 1.40. The number of benzene rings is 1. The molecular formula is C17H25N5OS. The molecule has 2 rings (SSSR count). The minimum atomic E-state index is -0.0178. The van der Waals surface area contributed by atoms with Crippen LogP contribution in [0.4, 0.5) is 5.69 Å². The van der Waals surface area contributed by atoms with E-state index in [2.05, 4.69) is 65.5 Å². The number of thioether (sulfide) groups is 1. The number of hydrogen-bond donors (Lipinski definition) is 1. The van der Waals surface area contributed by atoms with Gasteiger partial charge in [-0.05, 0) is 45.0 Å². The van der Waals surface area contributed by atoms with E-state index in [0.29, 0.717) is 5.75 Å². The highest BCUT2D eigenvalue weighted by atomic mass is 32.2. The minimum Gasteiger partial charge on any atom is -0.372 e. The Morgan fingerprint density at radius 3 is 2.38 bits per heavy atom. The molecule has 0 aliphatic rings. The van der Waals surface area contributed by atoms with Gasteiger partial charge in [-0.1, -0.05) is 11.8 Å². The molecule has 1 heterocycles. The Kier molecular flexibility index (Phi) is 6.66. The summed E-state index contributed by atoms with van der Waals surface area (Å²) in [6.07, 6.45) is 0. The van der Waals surface area contributed by atoms with Crippen LogP contribution in [0.2, 0.25) is 0 Å². The first kappa shape index (κ1) is 18.3. The average Bonchev–Trinajstić information content (AvgIpc) is 3.04. The second-order valence-corrected chi connectivity index (χ2v) is 6.17. The second kappa shape index (κ2) is 8.73. The number of anilines is 1. The van der Waals surface area contributed by atoms with Crippen LogP contribution in [0.15, 0.2) is 29.4 Å². The Bertz CT molecular complexity index is 664. The molecule has 7 heteroatoms. The number of amides is 1. The highest BCUT2D eigenvalue weighted by Crippen LogP contribution is 2.26. The Morgan fingerprint density at radius 2 is 1.83 bits per heavy atom. The van der Waals surface area contributed by atoms with Crippen molar-refractivity contribution in [1.29, 1.82) is 0 Å². The zero-order valence-electron chi connectivity index (χ0n) is 14.7. The Labute approximate surface area is 147 Å². The molecule has 1 amide bonds. The van der Waals surface area contributed by atoms with E-state index in [1.807, 2.05) is 4.57 Å². The van der Waals surface area contributed by atoms with Gasteiger partial charge in [0.15, 0.2) is 11.0 Å². The van der Waals surface area contributed by atoms with Gasteiger partial charge < -0.3 is 14.8 Å². The molecule has 1 aromatic heterocycles. The summed E-state index contributed by atoms with van der Waals surface area (Å²) in [6, 6.07) is 8.40. The lowest BCUT2D eigenvalue weighted by molar-refractivity contribution is -0.118. The Morgan fingerprint density at radius 1 is 1.17 bits per heavy atom. The van der Waals surface area contributed by atoms with Gasteiger partial charge in [-0.25, -0.2) is 0 Å². The summed E-state index contributed by atoms with van der Waals surface area (Å²) in [5, 5.41) is 12.0. The zero-order valence-corrected chi connectivity index (χ0v) is 15.6. The van der Waals surface area contributed by atoms with Crippen molar-refractivity contribution in [3.05, 3.63) is 24.3 Å². The summed E-state index contributed by atoms with van der Waals surface area (Å²) in [6.45, 7) is 9.10. The quantitative estimate of drug-likeness (QED) is 0.744. The van der Waals surface area contributed by atoms with Gasteiger partial charge in [0.1, 0.15) is 0 Å². The number of aromatic nitrogens is 3. The van der Waals surface area contributed by atoms with Crippen LogP contribution >= 0.6 is 11.8 Å². The molecule has 0 aliphatic carbocycles. The summed E-state index contributed by atoms with van der Waals surface area (Å²) in [4.78, 5) is 13.7. The van der Waals surface area contributed by atoms with E-state index < -0.39 is 0 Å². The Balaban J connectivity index is 2.22. The van der Waals surface area contributed by atoms with Gasteiger partial charge in [0, 0.05) is 37.9 Å². The third-order valence-corrected chi connectivity index (χ3v) is 4.87. The zero-order chi connectivity index (χ0) is 17.5. The fourth-order valence-corrected chi connectivity index (χ4v) is 3.38. The van der Waals surface area contributed by atoms with Crippen LogP contribution in [0.25, 0.3) is 11.4 Å². The van der Waals surface area contributed by atoms with Gasteiger partial charge in [0.2, 0.25) is 5.91 Å².